The molecule has 1 aromatic carbocycles. The number of rotatable bonds is 8. The lowest BCUT2D eigenvalue weighted by molar-refractivity contribution is 0.0595. The average Bonchev–Trinajstić information content (AvgIpc) is 2.74. The molecule has 0 radical (unpaired) electrons. The Kier molecular flexibility index (Phi) is 8.09. The highest BCUT2D eigenvalue weighted by molar-refractivity contribution is 6.25. The standard InChI is InChI=1S/C22H28FN5O3/c1-12(24)20(18(27-4)11-26-3)14-8-19(21(25)28-10-14)31-13(2)16-7-6-15(23)9-17(16)22(29)30-5/h6-10,13,26H,11,24H2,1-5H3,(H2,25,28). The highest BCUT2D eigenvalue weighted by atomic mass is 19.1. The number of aliphatic imine (C=N–C) groups is 1. The minimum Gasteiger partial charge on any atom is -0.482 e. The van der Waals surface area contributed by atoms with Gasteiger partial charge in [0.15, 0.2) is 11.6 Å². The maximum Gasteiger partial charge on any atom is 0.338 e. The van der Waals surface area contributed by atoms with Crippen molar-refractivity contribution in [3.05, 3.63) is 58.7 Å². The molecular formula is C22H28FN5O3. The number of benzene rings is 1. The van der Waals surface area contributed by atoms with E-state index >= 15 is 0 Å². The third kappa shape index (κ3) is 5.58. The van der Waals surface area contributed by atoms with E-state index in [-0.39, 0.29) is 11.4 Å². The maximum absolute atomic E-state index is 13.7. The van der Waals surface area contributed by atoms with Crippen LogP contribution >= 0.6 is 0 Å². The first-order chi connectivity index (χ1) is 14.7. The predicted octanol–water partition coefficient (Wildman–Crippen LogP) is 2.71. The monoisotopic (exact) mass is 429 g/mol. The van der Waals surface area contributed by atoms with Crippen LogP contribution in [-0.2, 0) is 4.74 Å². The van der Waals surface area contributed by atoms with Crippen LogP contribution in [0.2, 0.25) is 0 Å². The van der Waals surface area contributed by atoms with Crippen LogP contribution < -0.4 is 21.5 Å². The van der Waals surface area contributed by atoms with Crippen molar-refractivity contribution in [1.29, 1.82) is 0 Å². The number of nitrogens with two attached hydrogens (primary N) is 2. The predicted molar refractivity (Wildman–Crippen MR) is 119 cm³/mol. The number of nitrogens with zero attached hydrogens (tertiary/aromatic N) is 2. The quantitative estimate of drug-likeness (QED) is 0.435. The summed E-state index contributed by atoms with van der Waals surface area (Å²) < 4.78 is 24.4. The number of pyridine rings is 1. The molecule has 0 fully saturated rings. The van der Waals surface area contributed by atoms with Crippen LogP contribution in [-0.4, -0.2) is 44.4 Å². The van der Waals surface area contributed by atoms with Gasteiger partial charge in [-0.3, -0.25) is 4.99 Å². The van der Waals surface area contributed by atoms with E-state index in [1.54, 1.807) is 33.2 Å². The highest BCUT2D eigenvalue weighted by Gasteiger charge is 2.21. The van der Waals surface area contributed by atoms with Crippen molar-refractivity contribution in [2.24, 2.45) is 10.7 Å². The SMILES string of the molecule is CN=C(CNC)C(=C(C)N)c1cnc(N)c(OC(C)c2ccc(F)cc2C(=O)OC)c1. The third-order valence-electron chi connectivity index (χ3n) is 4.63. The number of allylic oxidation sites excluding steroid dienone is 1. The average molecular weight is 429 g/mol. The van der Waals surface area contributed by atoms with Gasteiger partial charge in [0.2, 0.25) is 0 Å². The second kappa shape index (κ2) is 10.5. The fourth-order valence-electron chi connectivity index (χ4n) is 3.18. The molecule has 1 aromatic heterocycles. The number of anilines is 1. The van der Waals surface area contributed by atoms with Gasteiger partial charge in [-0.15, -0.1) is 0 Å². The second-order valence-corrected chi connectivity index (χ2v) is 6.85. The summed E-state index contributed by atoms with van der Waals surface area (Å²) in [7, 11) is 4.73. The van der Waals surface area contributed by atoms with Gasteiger partial charge in [0.25, 0.3) is 0 Å². The van der Waals surface area contributed by atoms with E-state index in [1.807, 2.05) is 7.05 Å². The Morgan fingerprint density at radius 1 is 1.35 bits per heavy atom. The molecule has 0 saturated carbocycles. The molecule has 0 aliphatic rings. The second-order valence-electron chi connectivity index (χ2n) is 6.85. The van der Waals surface area contributed by atoms with Crippen molar-refractivity contribution >= 4 is 23.1 Å². The van der Waals surface area contributed by atoms with Gasteiger partial charge in [0.1, 0.15) is 11.9 Å². The van der Waals surface area contributed by atoms with Gasteiger partial charge in [-0.25, -0.2) is 14.2 Å². The lowest BCUT2D eigenvalue weighted by Crippen LogP contribution is -2.22. The van der Waals surface area contributed by atoms with Crippen LogP contribution in [0.3, 0.4) is 0 Å². The summed E-state index contributed by atoms with van der Waals surface area (Å²) >= 11 is 0. The normalized spacial score (nSPS) is 13.4. The summed E-state index contributed by atoms with van der Waals surface area (Å²) in [6.07, 6.45) is 0.953. The molecule has 0 aliphatic carbocycles. The number of ether oxygens (including phenoxy) is 2. The Morgan fingerprint density at radius 2 is 2.06 bits per heavy atom. The Balaban J connectivity index is 2.46. The summed E-state index contributed by atoms with van der Waals surface area (Å²) in [6, 6.07) is 5.55. The fraction of sp³-hybridized carbons (Fsp3) is 0.318. The van der Waals surface area contributed by atoms with Crippen LogP contribution in [0, 0.1) is 5.82 Å². The van der Waals surface area contributed by atoms with Crippen molar-refractivity contribution in [2.45, 2.75) is 20.0 Å². The number of carbonyl (C=O) groups is 1. The summed E-state index contributed by atoms with van der Waals surface area (Å²) in [5, 5.41) is 3.06. The molecule has 31 heavy (non-hydrogen) atoms. The lowest BCUT2D eigenvalue weighted by atomic mass is 10.00. The van der Waals surface area contributed by atoms with Crippen molar-refractivity contribution < 1.29 is 18.7 Å². The summed E-state index contributed by atoms with van der Waals surface area (Å²) in [4.78, 5) is 20.6. The molecule has 0 spiro atoms. The molecule has 0 saturated heterocycles. The molecule has 1 unspecified atom stereocenters. The van der Waals surface area contributed by atoms with Gasteiger partial charge in [-0.2, -0.15) is 0 Å². The zero-order valence-corrected chi connectivity index (χ0v) is 18.3. The van der Waals surface area contributed by atoms with Crippen LogP contribution in [0.4, 0.5) is 10.2 Å². The van der Waals surface area contributed by atoms with E-state index in [1.165, 1.54) is 19.2 Å². The van der Waals surface area contributed by atoms with Gasteiger partial charge in [-0.05, 0) is 39.1 Å². The number of carbonyl (C=O) groups excluding carboxylic acids is 1. The van der Waals surface area contributed by atoms with Crippen molar-refractivity contribution in [3.8, 4) is 5.75 Å². The molecule has 9 heteroatoms. The number of methoxy groups -OCH3 is 1. The van der Waals surface area contributed by atoms with Crippen molar-refractivity contribution in [1.82, 2.24) is 10.3 Å². The van der Waals surface area contributed by atoms with Gasteiger partial charge in [0, 0.05) is 42.2 Å². The number of nitrogens with one attached hydrogen (secondary N) is 1. The first kappa shape index (κ1) is 23.8. The zero-order valence-electron chi connectivity index (χ0n) is 18.3. The molecule has 166 valence electrons. The van der Waals surface area contributed by atoms with Gasteiger partial charge >= 0.3 is 5.97 Å². The molecule has 1 atom stereocenters. The Hall–Kier alpha value is -3.46. The number of nitrogen functional groups attached to an aromatic ring is 1. The van der Waals surface area contributed by atoms with Gasteiger partial charge < -0.3 is 26.3 Å². The number of hydrogen-bond donors (Lipinski definition) is 3. The smallest absolute Gasteiger partial charge is 0.338 e. The molecule has 0 bridgehead atoms. The molecule has 1 heterocycles. The van der Waals surface area contributed by atoms with E-state index < -0.39 is 17.9 Å². The van der Waals surface area contributed by atoms with Gasteiger partial charge in [-0.1, -0.05) is 6.07 Å². The zero-order chi connectivity index (χ0) is 23.1. The highest BCUT2D eigenvalue weighted by Crippen LogP contribution is 2.31. The first-order valence-corrected chi connectivity index (χ1v) is 9.60. The lowest BCUT2D eigenvalue weighted by Gasteiger charge is -2.20. The molecular weight excluding hydrogens is 401 g/mol. The third-order valence-corrected chi connectivity index (χ3v) is 4.63. The van der Waals surface area contributed by atoms with E-state index in [0.717, 1.165) is 17.4 Å². The van der Waals surface area contributed by atoms with E-state index in [2.05, 4.69) is 15.3 Å². The molecule has 8 nitrogen and oxygen atoms in total. The molecule has 0 amide bonds. The minimum absolute atomic E-state index is 0.0745. The first-order valence-electron chi connectivity index (χ1n) is 9.60. The minimum atomic E-state index is -0.662. The van der Waals surface area contributed by atoms with E-state index in [9.17, 15) is 9.18 Å². The molecule has 0 aliphatic heterocycles. The van der Waals surface area contributed by atoms with E-state index in [4.69, 9.17) is 20.9 Å². The van der Waals surface area contributed by atoms with Crippen molar-refractivity contribution in [3.63, 3.8) is 0 Å². The number of halogens is 1. The van der Waals surface area contributed by atoms with E-state index in [0.29, 0.717) is 29.1 Å². The van der Waals surface area contributed by atoms with Crippen molar-refractivity contribution in [2.75, 3.05) is 33.5 Å². The molecule has 2 aromatic rings. The largest absolute Gasteiger partial charge is 0.482 e. The summed E-state index contributed by atoms with van der Waals surface area (Å²) in [5.74, 6) is -0.757. The fourth-order valence-corrected chi connectivity index (χ4v) is 3.18. The van der Waals surface area contributed by atoms with Gasteiger partial charge in [0.05, 0.1) is 18.4 Å². The number of esters is 1. The number of hydrogen-bond acceptors (Lipinski definition) is 8. The topological polar surface area (TPSA) is 125 Å². The van der Waals surface area contributed by atoms with Crippen LogP contribution in [0.25, 0.3) is 5.57 Å². The Labute approximate surface area is 181 Å². The summed E-state index contributed by atoms with van der Waals surface area (Å²) in [5.41, 5.74) is 15.4. The van der Waals surface area contributed by atoms with Crippen LogP contribution in [0.15, 0.2) is 41.2 Å². The van der Waals surface area contributed by atoms with Crippen LogP contribution in [0.5, 0.6) is 5.75 Å². The van der Waals surface area contributed by atoms with Crippen LogP contribution in [0.1, 0.15) is 41.4 Å². The Morgan fingerprint density at radius 3 is 2.65 bits per heavy atom. The number of aromatic nitrogens is 1. The molecule has 2 rings (SSSR count). The molecule has 5 N–H and O–H groups in total. The summed E-state index contributed by atoms with van der Waals surface area (Å²) in [6.45, 7) is 4.00. The Bertz CT molecular complexity index is 1020. The maximum atomic E-state index is 13.7.